The third-order valence-electron chi connectivity index (χ3n) is 4.41. The summed E-state index contributed by atoms with van der Waals surface area (Å²) in [6.07, 6.45) is 1.61. The number of hydrogen-bond donors (Lipinski definition) is 3. The molecular formula is C15H21ClN4O4S. The van der Waals surface area contributed by atoms with Crippen molar-refractivity contribution in [1.29, 1.82) is 0 Å². The zero-order valence-electron chi connectivity index (χ0n) is 13.7. The highest BCUT2D eigenvalue weighted by Gasteiger charge is 2.29. The third-order valence-corrected chi connectivity index (χ3v) is 6.31. The first kappa shape index (κ1) is 19.6. The van der Waals surface area contributed by atoms with Gasteiger partial charge < -0.3 is 10.3 Å². The van der Waals surface area contributed by atoms with Gasteiger partial charge in [0.25, 0.3) is 5.56 Å². The van der Waals surface area contributed by atoms with Gasteiger partial charge in [0.1, 0.15) is 0 Å². The molecule has 1 aliphatic rings. The van der Waals surface area contributed by atoms with Crippen LogP contribution in [0.15, 0.2) is 32.7 Å². The molecule has 25 heavy (non-hydrogen) atoms. The fourth-order valence-corrected chi connectivity index (χ4v) is 4.59. The van der Waals surface area contributed by atoms with E-state index >= 15 is 0 Å². The second-order valence-electron chi connectivity index (χ2n) is 6.02. The van der Waals surface area contributed by atoms with Crippen LogP contribution in [-0.2, 0) is 10.0 Å². The number of H-pyrrole nitrogens is 2. The van der Waals surface area contributed by atoms with Gasteiger partial charge in [0.05, 0.1) is 15.8 Å². The standard InChI is InChI=1S/C15H20N4O4S.ClH/c1-16-9-10-4-6-19(7-5-10)24(22,23)11-2-3-13-12(8-11)14(20)18-15(21)17-13;/h2-3,8,10,16H,4-7,9H2,1H3,(H2,17,18,20,21);1H. The van der Waals surface area contributed by atoms with Gasteiger partial charge in [-0.05, 0) is 50.6 Å². The van der Waals surface area contributed by atoms with Crippen molar-refractivity contribution in [2.75, 3.05) is 26.7 Å². The molecule has 0 spiro atoms. The Bertz CT molecular complexity index is 961. The predicted octanol–water partition coefficient (Wildman–Crippen LogP) is 0.258. The molecule has 0 bridgehead atoms. The smallest absolute Gasteiger partial charge is 0.319 e. The lowest BCUT2D eigenvalue weighted by molar-refractivity contribution is 0.270. The van der Waals surface area contributed by atoms with Crippen LogP contribution in [0.25, 0.3) is 10.9 Å². The van der Waals surface area contributed by atoms with Crippen LogP contribution in [0, 0.1) is 5.92 Å². The van der Waals surface area contributed by atoms with Crippen LogP contribution < -0.4 is 16.6 Å². The number of aromatic amines is 2. The van der Waals surface area contributed by atoms with E-state index in [0.717, 1.165) is 19.4 Å². The summed E-state index contributed by atoms with van der Waals surface area (Å²) in [4.78, 5) is 27.8. The van der Waals surface area contributed by atoms with Crippen molar-refractivity contribution < 1.29 is 8.42 Å². The highest BCUT2D eigenvalue weighted by atomic mass is 35.5. The van der Waals surface area contributed by atoms with Crippen molar-refractivity contribution in [2.45, 2.75) is 17.7 Å². The Morgan fingerprint density at radius 2 is 1.88 bits per heavy atom. The van der Waals surface area contributed by atoms with Crippen molar-refractivity contribution in [1.82, 2.24) is 19.6 Å². The highest BCUT2D eigenvalue weighted by Crippen LogP contribution is 2.24. The number of fused-ring (bicyclic) bond motifs is 1. The summed E-state index contributed by atoms with van der Waals surface area (Å²) in [5.41, 5.74) is -0.899. The molecule has 10 heteroatoms. The lowest BCUT2D eigenvalue weighted by atomic mass is 9.98. The van der Waals surface area contributed by atoms with Gasteiger partial charge in [-0.25, -0.2) is 13.2 Å². The Balaban J connectivity index is 0.00000225. The first-order valence-electron chi connectivity index (χ1n) is 7.83. The fourth-order valence-electron chi connectivity index (χ4n) is 3.10. The van der Waals surface area contributed by atoms with Gasteiger partial charge in [0.2, 0.25) is 10.0 Å². The monoisotopic (exact) mass is 388 g/mol. The minimum Gasteiger partial charge on any atom is -0.319 e. The number of piperidine rings is 1. The van der Waals surface area contributed by atoms with Crippen LogP contribution in [0.3, 0.4) is 0 Å². The summed E-state index contributed by atoms with van der Waals surface area (Å²) in [5.74, 6) is 0.478. The number of aromatic nitrogens is 2. The van der Waals surface area contributed by atoms with Gasteiger partial charge in [-0.3, -0.25) is 9.78 Å². The van der Waals surface area contributed by atoms with E-state index in [4.69, 9.17) is 0 Å². The Morgan fingerprint density at radius 1 is 1.20 bits per heavy atom. The molecule has 0 aliphatic carbocycles. The normalized spacial score (nSPS) is 16.7. The van der Waals surface area contributed by atoms with Gasteiger partial charge in [0, 0.05) is 13.1 Å². The van der Waals surface area contributed by atoms with E-state index in [1.807, 2.05) is 7.05 Å². The Kier molecular flexibility index (Phi) is 6.04. The number of hydrogen-bond acceptors (Lipinski definition) is 5. The van der Waals surface area contributed by atoms with Crippen LogP contribution in [-0.4, -0.2) is 49.4 Å². The minimum atomic E-state index is -3.65. The van der Waals surface area contributed by atoms with Crippen molar-refractivity contribution in [3.8, 4) is 0 Å². The molecular weight excluding hydrogens is 368 g/mol. The van der Waals surface area contributed by atoms with Gasteiger partial charge in [0.15, 0.2) is 0 Å². The van der Waals surface area contributed by atoms with Crippen LogP contribution in [0.2, 0.25) is 0 Å². The molecule has 3 N–H and O–H groups in total. The number of rotatable bonds is 4. The fraction of sp³-hybridized carbons (Fsp3) is 0.467. The quantitative estimate of drug-likeness (QED) is 0.694. The van der Waals surface area contributed by atoms with Crippen molar-refractivity contribution in [3.63, 3.8) is 0 Å². The molecule has 8 nitrogen and oxygen atoms in total. The zero-order chi connectivity index (χ0) is 17.3. The zero-order valence-corrected chi connectivity index (χ0v) is 15.4. The third kappa shape index (κ3) is 3.95. The Labute approximate surface area is 151 Å². The molecule has 1 aromatic heterocycles. The molecule has 2 heterocycles. The maximum Gasteiger partial charge on any atom is 0.326 e. The summed E-state index contributed by atoms with van der Waals surface area (Å²) in [7, 11) is -1.76. The maximum atomic E-state index is 12.8. The van der Waals surface area contributed by atoms with E-state index in [9.17, 15) is 18.0 Å². The summed E-state index contributed by atoms with van der Waals surface area (Å²) in [6, 6.07) is 4.19. The lowest BCUT2D eigenvalue weighted by Crippen LogP contribution is -2.40. The summed E-state index contributed by atoms with van der Waals surface area (Å²) < 4.78 is 27.1. The number of nitrogens with zero attached hydrogens (tertiary/aromatic N) is 1. The Morgan fingerprint density at radius 3 is 2.52 bits per heavy atom. The lowest BCUT2D eigenvalue weighted by Gasteiger charge is -2.31. The molecule has 1 fully saturated rings. The molecule has 138 valence electrons. The second-order valence-corrected chi connectivity index (χ2v) is 7.96. The summed E-state index contributed by atoms with van der Waals surface area (Å²) in [6.45, 7) is 1.82. The average Bonchev–Trinajstić information content (AvgIpc) is 2.55. The molecule has 1 saturated heterocycles. The molecule has 1 aliphatic heterocycles. The van der Waals surface area contributed by atoms with E-state index < -0.39 is 21.3 Å². The van der Waals surface area contributed by atoms with Crippen molar-refractivity contribution in [3.05, 3.63) is 39.0 Å². The largest absolute Gasteiger partial charge is 0.326 e. The van der Waals surface area contributed by atoms with Crippen LogP contribution in [0.4, 0.5) is 0 Å². The summed E-state index contributed by atoms with van der Waals surface area (Å²) >= 11 is 0. The first-order valence-corrected chi connectivity index (χ1v) is 9.27. The van der Waals surface area contributed by atoms with Crippen molar-refractivity contribution >= 4 is 33.3 Å². The SMILES string of the molecule is CNCC1CCN(S(=O)(=O)c2ccc3[nH]c(=O)[nH]c(=O)c3c2)CC1.Cl. The van der Waals surface area contributed by atoms with E-state index in [-0.39, 0.29) is 22.7 Å². The molecule has 0 radical (unpaired) electrons. The maximum absolute atomic E-state index is 12.8. The van der Waals surface area contributed by atoms with Crippen LogP contribution in [0.5, 0.6) is 0 Å². The van der Waals surface area contributed by atoms with E-state index in [0.29, 0.717) is 24.5 Å². The average molecular weight is 389 g/mol. The molecule has 0 atom stereocenters. The number of nitrogens with one attached hydrogen (secondary N) is 3. The van der Waals surface area contributed by atoms with E-state index in [1.54, 1.807) is 0 Å². The minimum absolute atomic E-state index is 0. The number of sulfonamides is 1. The van der Waals surface area contributed by atoms with Gasteiger partial charge >= 0.3 is 5.69 Å². The second kappa shape index (κ2) is 7.69. The van der Waals surface area contributed by atoms with Crippen LogP contribution in [0.1, 0.15) is 12.8 Å². The number of benzene rings is 1. The van der Waals surface area contributed by atoms with E-state index in [1.165, 1.54) is 22.5 Å². The van der Waals surface area contributed by atoms with Gasteiger partial charge in [-0.2, -0.15) is 4.31 Å². The van der Waals surface area contributed by atoms with Crippen molar-refractivity contribution in [2.24, 2.45) is 5.92 Å². The molecule has 0 unspecified atom stereocenters. The number of halogens is 1. The first-order chi connectivity index (χ1) is 11.4. The highest BCUT2D eigenvalue weighted by molar-refractivity contribution is 7.89. The topological polar surface area (TPSA) is 115 Å². The Hall–Kier alpha value is -1.68. The van der Waals surface area contributed by atoms with E-state index in [2.05, 4.69) is 15.3 Å². The molecule has 0 saturated carbocycles. The summed E-state index contributed by atoms with van der Waals surface area (Å²) in [5, 5.41) is 3.27. The predicted molar refractivity (Wildman–Crippen MR) is 97.8 cm³/mol. The molecule has 1 aromatic carbocycles. The molecule has 3 rings (SSSR count). The van der Waals surface area contributed by atoms with Gasteiger partial charge in [-0.15, -0.1) is 12.4 Å². The van der Waals surface area contributed by atoms with Gasteiger partial charge in [-0.1, -0.05) is 0 Å². The molecule has 0 amide bonds. The molecule has 2 aromatic rings. The van der Waals surface area contributed by atoms with Crippen LogP contribution >= 0.6 is 12.4 Å².